The zero-order chi connectivity index (χ0) is 10.5. The van der Waals surface area contributed by atoms with Gasteiger partial charge in [-0.05, 0) is 11.5 Å². The Balaban J connectivity index is 2.09. The van der Waals surface area contributed by atoms with Crippen molar-refractivity contribution in [3.05, 3.63) is 23.7 Å². The topological polar surface area (TPSA) is 31.6 Å². The quantitative estimate of drug-likeness (QED) is 0.656. The molecule has 1 aliphatic carbocycles. The van der Waals surface area contributed by atoms with Crippen molar-refractivity contribution in [3.63, 3.8) is 0 Å². The molecule has 0 atom stereocenters. The molecule has 1 saturated heterocycles. The molecule has 0 N–H and O–H groups in total. The summed E-state index contributed by atoms with van der Waals surface area (Å²) in [7, 11) is 0. The standard InChI is InChI=1S/C12H16O3/c1-11(2)7-10-9(3-4-13-10)12(8-11)14-5-6-15-12/h3-4H,5-8H2,1-2H3. The van der Waals surface area contributed by atoms with Gasteiger partial charge >= 0.3 is 0 Å². The zero-order valence-electron chi connectivity index (χ0n) is 9.21. The lowest BCUT2D eigenvalue weighted by Crippen LogP contribution is -2.39. The maximum atomic E-state index is 5.82. The molecule has 3 rings (SSSR count). The highest BCUT2D eigenvalue weighted by atomic mass is 16.7. The highest BCUT2D eigenvalue weighted by Crippen LogP contribution is 2.49. The van der Waals surface area contributed by atoms with E-state index in [4.69, 9.17) is 13.9 Å². The molecule has 15 heavy (non-hydrogen) atoms. The average Bonchev–Trinajstić information content (AvgIpc) is 2.72. The second-order valence-electron chi connectivity index (χ2n) is 5.23. The Morgan fingerprint density at radius 3 is 2.67 bits per heavy atom. The van der Waals surface area contributed by atoms with E-state index in [1.54, 1.807) is 6.26 Å². The number of furan rings is 1. The van der Waals surface area contributed by atoms with E-state index in [0.29, 0.717) is 13.2 Å². The van der Waals surface area contributed by atoms with Gasteiger partial charge in [0, 0.05) is 12.8 Å². The van der Waals surface area contributed by atoms with Crippen molar-refractivity contribution in [2.24, 2.45) is 5.41 Å². The van der Waals surface area contributed by atoms with Crippen LogP contribution in [0, 0.1) is 5.41 Å². The maximum Gasteiger partial charge on any atom is 0.198 e. The number of fused-ring (bicyclic) bond motifs is 2. The fourth-order valence-electron chi connectivity index (χ4n) is 2.75. The summed E-state index contributed by atoms with van der Waals surface area (Å²) in [4.78, 5) is 0. The molecule has 0 saturated carbocycles. The number of hydrogen-bond acceptors (Lipinski definition) is 3. The highest BCUT2D eigenvalue weighted by molar-refractivity contribution is 5.28. The summed E-state index contributed by atoms with van der Waals surface area (Å²) in [6.45, 7) is 5.82. The monoisotopic (exact) mass is 208 g/mol. The number of ether oxygens (including phenoxy) is 2. The Morgan fingerprint density at radius 1 is 1.20 bits per heavy atom. The van der Waals surface area contributed by atoms with Crippen LogP contribution in [-0.4, -0.2) is 13.2 Å². The highest BCUT2D eigenvalue weighted by Gasteiger charge is 2.49. The molecule has 0 amide bonds. The third-order valence-corrected chi connectivity index (χ3v) is 3.26. The minimum atomic E-state index is -0.524. The number of rotatable bonds is 0. The van der Waals surface area contributed by atoms with E-state index >= 15 is 0 Å². The van der Waals surface area contributed by atoms with E-state index in [1.807, 2.05) is 6.07 Å². The molecule has 0 aromatic carbocycles. The Hall–Kier alpha value is -0.800. The predicted molar refractivity (Wildman–Crippen MR) is 54.4 cm³/mol. The summed E-state index contributed by atoms with van der Waals surface area (Å²) in [5, 5.41) is 0. The van der Waals surface area contributed by atoms with Gasteiger partial charge in [-0.3, -0.25) is 0 Å². The molecular weight excluding hydrogens is 192 g/mol. The Bertz CT molecular complexity index is 372. The van der Waals surface area contributed by atoms with Gasteiger partial charge in [-0.15, -0.1) is 0 Å². The van der Waals surface area contributed by atoms with Crippen molar-refractivity contribution in [2.45, 2.75) is 32.5 Å². The molecule has 3 nitrogen and oxygen atoms in total. The van der Waals surface area contributed by atoms with Crippen LogP contribution in [0.15, 0.2) is 16.7 Å². The van der Waals surface area contributed by atoms with E-state index < -0.39 is 5.79 Å². The molecule has 1 aliphatic heterocycles. The lowest BCUT2D eigenvalue weighted by molar-refractivity contribution is -0.194. The van der Waals surface area contributed by atoms with E-state index in [0.717, 1.165) is 24.2 Å². The smallest absolute Gasteiger partial charge is 0.198 e. The van der Waals surface area contributed by atoms with Crippen LogP contribution in [0.25, 0.3) is 0 Å². The van der Waals surface area contributed by atoms with Crippen molar-refractivity contribution in [1.29, 1.82) is 0 Å². The van der Waals surface area contributed by atoms with Crippen LogP contribution in [0.2, 0.25) is 0 Å². The summed E-state index contributed by atoms with van der Waals surface area (Å²) in [6.07, 6.45) is 3.61. The Labute approximate surface area is 89.4 Å². The van der Waals surface area contributed by atoms with Crippen LogP contribution >= 0.6 is 0 Å². The zero-order valence-corrected chi connectivity index (χ0v) is 9.21. The summed E-state index contributed by atoms with van der Waals surface area (Å²) < 4.78 is 17.2. The average molecular weight is 208 g/mol. The molecule has 2 heterocycles. The fraction of sp³-hybridized carbons (Fsp3) is 0.667. The second kappa shape index (κ2) is 2.86. The molecule has 1 fully saturated rings. The largest absolute Gasteiger partial charge is 0.469 e. The first kappa shape index (κ1) is 9.43. The van der Waals surface area contributed by atoms with Crippen LogP contribution in [0.1, 0.15) is 31.6 Å². The lowest BCUT2D eigenvalue weighted by Gasteiger charge is -2.39. The van der Waals surface area contributed by atoms with Gasteiger partial charge in [0.1, 0.15) is 5.76 Å². The second-order valence-corrected chi connectivity index (χ2v) is 5.23. The van der Waals surface area contributed by atoms with E-state index in [2.05, 4.69) is 13.8 Å². The molecule has 0 bridgehead atoms. The van der Waals surface area contributed by atoms with E-state index in [-0.39, 0.29) is 5.41 Å². The van der Waals surface area contributed by atoms with Crippen molar-refractivity contribution >= 4 is 0 Å². The van der Waals surface area contributed by atoms with Gasteiger partial charge in [0.25, 0.3) is 0 Å². The Morgan fingerprint density at radius 2 is 1.93 bits per heavy atom. The molecular formula is C12H16O3. The van der Waals surface area contributed by atoms with Gasteiger partial charge < -0.3 is 13.9 Å². The van der Waals surface area contributed by atoms with Crippen LogP contribution in [0.4, 0.5) is 0 Å². The van der Waals surface area contributed by atoms with Crippen molar-refractivity contribution in [1.82, 2.24) is 0 Å². The molecule has 82 valence electrons. The molecule has 1 spiro atoms. The third kappa shape index (κ3) is 1.34. The molecule has 3 heteroatoms. The van der Waals surface area contributed by atoms with Gasteiger partial charge in [0.2, 0.25) is 0 Å². The minimum Gasteiger partial charge on any atom is -0.469 e. The summed E-state index contributed by atoms with van der Waals surface area (Å²) >= 11 is 0. The minimum absolute atomic E-state index is 0.176. The normalized spacial score (nSPS) is 26.8. The SMILES string of the molecule is CC1(C)Cc2occc2C2(C1)OCCO2. The molecule has 1 aromatic heterocycles. The van der Waals surface area contributed by atoms with Gasteiger partial charge in [-0.25, -0.2) is 0 Å². The molecule has 0 unspecified atom stereocenters. The van der Waals surface area contributed by atoms with Gasteiger partial charge in [-0.2, -0.15) is 0 Å². The van der Waals surface area contributed by atoms with Gasteiger partial charge in [0.05, 0.1) is 25.0 Å². The van der Waals surface area contributed by atoms with Crippen molar-refractivity contribution in [2.75, 3.05) is 13.2 Å². The summed E-state index contributed by atoms with van der Waals surface area (Å²) in [5.41, 5.74) is 1.27. The third-order valence-electron chi connectivity index (χ3n) is 3.26. The van der Waals surface area contributed by atoms with Crippen molar-refractivity contribution in [3.8, 4) is 0 Å². The van der Waals surface area contributed by atoms with Crippen LogP contribution in [0.3, 0.4) is 0 Å². The first-order valence-electron chi connectivity index (χ1n) is 5.46. The molecule has 2 aliphatic rings. The van der Waals surface area contributed by atoms with Crippen LogP contribution in [0.5, 0.6) is 0 Å². The lowest BCUT2D eigenvalue weighted by atomic mass is 9.74. The first-order valence-corrected chi connectivity index (χ1v) is 5.46. The Kier molecular flexibility index (Phi) is 1.80. The van der Waals surface area contributed by atoms with Crippen LogP contribution in [-0.2, 0) is 21.7 Å². The fourth-order valence-corrected chi connectivity index (χ4v) is 2.75. The summed E-state index contributed by atoms with van der Waals surface area (Å²) in [6, 6.07) is 1.98. The van der Waals surface area contributed by atoms with Gasteiger partial charge in [0.15, 0.2) is 5.79 Å². The van der Waals surface area contributed by atoms with Crippen molar-refractivity contribution < 1.29 is 13.9 Å². The first-order chi connectivity index (χ1) is 7.11. The molecule has 0 radical (unpaired) electrons. The molecule has 1 aromatic rings. The summed E-state index contributed by atoms with van der Waals surface area (Å²) in [5.74, 6) is 0.498. The maximum absolute atomic E-state index is 5.82. The number of hydrogen-bond donors (Lipinski definition) is 0. The predicted octanol–water partition coefficient (Wildman–Crippen LogP) is 2.45. The van der Waals surface area contributed by atoms with Gasteiger partial charge in [-0.1, -0.05) is 13.8 Å². The van der Waals surface area contributed by atoms with Crippen LogP contribution < -0.4 is 0 Å². The van der Waals surface area contributed by atoms with E-state index in [1.165, 1.54) is 0 Å². The van der Waals surface area contributed by atoms with E-state index in [9.17, 15) is 0 Å².